The summed E-state index contributed by atoms with van der Waals surface area (Å²) in [4.78, 5) is 13.1. The van der Waals surface area contributed by atoms with E-state index in [1.807, 2.05) is 10.5 Å². The molecular formula is C16H22N4O2. The maximum Gasteiger partial charge on any atom is 0.407 e. The summed E-state index contributed by atoms with van der Waals surface area (Å²) in [6.45, 7) is 6.92. The van der Waals surface area contributed by atoms with E-state index in [0.717, 1.165) is 18.5 Å². The normalized spacial score (nSPS) is 23.0. The van der Waals surface area contributed by atoms with Crippen LogP contribution in [0.3, 0.4) is 0 Å². The summed E-state index contributed by atoms with van der Waals surface area (Å²) >= 11 is 0. The monoisotopic (exact) mass is 302 g/mol. The Bertz CT molecular complexity index is 689. The predicted octanol–water partition coefficient (Wildman–Crippen LogP) is 3.00. The molecule has 6 heteroatoms. The fraction of sp³-hybridized carbons (Fsp3) is 0.562. The van der Waals surface area contributed by atoms with Gasteiger partial charge >= 0.3 is 6.09 Å². The van der Waals surface area contributed by atoms with Gasteiger partial charge in [0.2, 0.25) is 0 Å². The van der Waals surface area contributed by atoms with E-state index in [9.17, 15) is 9.90 Å². The number of hydrogen-bond donors (Lipinski definition) is 1. The van der Waals surface area contributed by atoms with Crippen LogP contribution in [-0.2, 0) is 0 Å². The molecule has 3 rings (SSSR count). The van der Waals surface area contributed by atoms with Gasteiger partial charge in [0.05, 0.1) is 0 Å². The van der Waals surface area contributed by atoms with Crippen LogP contribution < -0.4 is 0 Å². The highest BCUT2D eigenvalue weighted by molar-refractivity contribution is 5.65. The Hall–Kier alpha value is -2.11. The number of carboxylic acid groups (broad SMARTS) is 1. The smallest absolute Gasteiger partial charge is 0.407 e. The summed E-state index contributed by atoms with van der Waals surface area (Å²) < 4.78 is 1.92. The van der Waals surface area contributed by atoms with E-state index in [-0.39, 0.29) is 11.5 Å². The zero-order valence-electron chi connectivity index (χ0n) is 13.2. The van der Waals surface area contributed by atoms with E-state index in [1.165, 1.54) is 5.56 Å². The highest BCUT2D eigenvalue weighted by Gasteiger charge is 2.39. The number of nitrogens with zero attached hydrogens (tertiary/aromatic N) is 4. The van der Waals surface area contributed by atoms with Crippen LogP contribution in [0, 0.1) is 5.41 Å². The number of aromatic nitrogens is 3. The van der Waals surface area contributed by atoms with Gasteiger partial charge in [0.25, 0.3) is 0 Å². The van der Waals surface area contributed by atoms with Crippen molar-refractivity contribution < 1.29 is 9.90 Å². The van der Waals surface area contributed by atoms with Crippen LogP contribution in [0.2, 0.25) is 0 Å². The van der Waals surface area contributed by atoms with Gasteiger partial charge < -0.3 is 10.0 Å². The topological polar surface area (TPSA) is 70.7 Å². The Labute approximate surface area is 129 Å². The molecule has 6 nitrogen and oxygen atoms in total. The first kappa shape index (κ1) is 14.8. The zero-order chi connectivity index (χ0) is 15.9. The molecule has 118 valence electrons. The molecule has 1 aliphatic rings. The second kappa shape index (κ2) is 5.26. The summed E-state index contributed by atoms with van der Waals surface area (Å²) in [7, 11) is 0. The van der Waals surface area contributed by atoms with E-state index in [2.05, 4.69) is 43.2 Å². The SMILES string of the molecule is CC(C)(C)C1CC(c2ccc3nncn3c2)CCN1C(=O)O. The number of amides is 1. The molecule has 2 aromatic heterocycles. The highest BCUT2D eigenvalue weighted by Crippen LogP contribution is 2.38. The number of hydrogen-bond acceptors (Lipinski definition) is 3. The van der Waals surface area contributed by atoms with Crippen molar-refractivity contribution in [1.82, 2.24) is 19.5 Å². The number of rotatable bonds is 1. The number of piperidine rings is 1. The van der Waals surface area contributed by atoms with E-state index < -0.39 is 6.09 Å². The van der Waals surface area contributed by atoms with Crippen LogP contribution in [-0.4, -0.2) is 43.3 Å². The summed E-state index contributed by atoms with van der Waals surface area (Å²) in [5.74, 6) is 0.367. The molecule has 0 saturated carbocycles. The third kappa shape index (κ3) is 2.65. The second-order valence-corrected chi connectivity index (χ2v) is 7.14. The van der Waals surface area contributed by atoms with Gasteiger partial charge in [-0.3, -0.25) is 4.40 Å². The van der Waals surface area contributed by atoms with Crippen molar-refractivity contribution in [2.45, 2.75) is 45.6 Å². The van der Waals surface area contributed by atoms with Crippen LogP contribution >= 0.6 is 0 Å². The molecule has 22 heavy (non-hydrogen) atoms. The van der Waals surface area contributed by atoms with Crippen LogP contribution in [0.25, 0.3) is 5.65 Å². The molecule has 0 bridgehead atoms. The van der Waals surface area contributed by atoms with Crippen molar-refractivity contribution in [3.8, 4) is 0 Å². The Balaban J connectivity index is 1.88. The summed E-state index contributed by atoms with van der Waals surface area (Å²) in [6, 6.07) is 4.09. The molecule has 3 heterocycles. The van der Waals surface area contributed by atoms with Crippen molar-refractivity contribution in [2.24, 2.45) is 5.41 Å². The largest absolute Gasteiger partial charge is 0.465 e. The summed E-state index contributed by atoms with van der Waals surface area (Å²) in [5, 5.41) is 17.4. The fourth-order valence-corrected chi connectivity index (χ4v) is 3.40. The average molecular weight is 302 g/mol. The highest BCUT2D eigenvalue weighted by atomic mass is 16.4. The molecule has 1 saturated heterocycles. The first-order valence-corrected chi connectivity index (χ1v) is 7.65. The van der Waals surface area contributed by atoms with E-state index >= 15 is 0 Å². The van der Waals surface area contributed by atoms with E-state index in [4.69, 9.17) is 0 Å². The molecule has 1 amide bonds. The minimum absolute atomic E-state index is 0.0281. The Morgan fingerprint density at radius 2 is 2.14 bits per heavy atom. The maximum absolute atomic E-state index is 11.5. The third-order valence-corrected chi connectivity index (χ3v) is 4.63. The van der Waals surface area contributed by atoms with Gasteiger partial charge in [0.15, 0.2) is 5.65 Å². The second-order valence-electron chi connectivity index (χ2n) is 7.14. The zero-order valence-corrected chi connectivity index (χ0v) is 13.2. The molecule has 2 atom stereocenters. The fourth-order valence-electron chi connectivity index (χ4n) is 3.40. The molecule has 1 aliphatic heterocycles. The molecule has 0 spiro atoms. The molecule has 0 radical (unpaired) electrons. The first-order chi connectivity index (χ1) is 10.4. The van der Waals surface area contributed by atoms with Gasteiger partial charge in [-0.15, -0.1) is 10.2 Å². The van der Waals surface area contributed by atoms with Crippen molar-refractivity contribution >= 4 is 11.7 Å². The Morgan fingerprint density at radius 1 is 1.36 bits per heavy atom. The molecule has 0 aliphatic carbocycles. The van der Waals surface area contributed by atoms with Crippen LogP contribution in [0.5, 0.6) is 0 Å². The van der Waals surface area contributed by atoms with Crippen LogP contribution in [0.15, 0.2) is 24.7 Å². The Kier molecular flexibility index (Phi) is 3.54. The van der Waals surface area contributed by atoms with Gasteiger partial charge in [-0.05, 0) is 35.8 Å². The lowest BCUT2D eigenvalue weighted by Gasteiger charge is -2.44. The van der Waals surface area contributed by atoms with Gasteiger partial charge in [-0.25, -0.2) is 4.79 Å². The van der Waals surface area contributed by atoms with Gasteiger partial charge in [-0.2, -0.15) is 0 Å². The minimum Gasteiger partial charge on any atom is -0.465 e. The van der Waals surface area contributed by atoms with Gasteiger partial charge in [0, 0.05) is 18.8 Å². The van der Waals surface area contributed by atoms with Crippen molar-refractivity contribution in [1.29, 1.82) is 0 Å². The Morgan fingerprint density at radius 3 is 2.82 bits per heavy atom. The number of carbonyl (C=O) groups is 1. The van der Waals surface area contributed by atoms with E-state index in [1.54, 1.807) is 11.2 Å². The van der Waals surface area contributed by atoms with Gasteiger partial charge in [-0.1, -0.05) is 26.8 Å². The third-order valence-electron chi connectivity index (χ3n) is 4.63. The lowest BCUT2D eigenvalue weighted by molar-refractivity contribution is 0.0525. The quantitative estimate of drug-likeness (QED) is 0.879. The predicted molar refractivity (Wildman–Crippen MR) is 82.9 cm³/mol. The number of pyridine rings is 1. The average Bonchev–Trinajstić information content (AvgIpc) is 2.93. The maximum atomic E-state index is 11.5. The minimum atomic E-state index is -0.812. The lowest BCUT2D eigenvalue weighted by Crippen LogP contribution is -2.51. The molecule has 1 fully saturated rings. The molecular weight excluding hydrogens is 280 g/mol. The molecule has 0 aromatic carbocycles. The van der Waals surface area contributed by atoms with Crippen LogP contribution in [0.1, 0.15) is 45.1 Å². The molecule has 1 N–H and O–H groups in total. The number of likely N-dealkylation sites (tertiary alicyclic amines) is 1. The van der Waals surface area contributed by atoms with Crippen molar-refractivity contribution in [3.05, 3.63) is 30.2 Å². The van der Waals surface area contributed by atoms with E-state index in [0.29, 0.717) is 12.5 Å². The first-order valence-electron chi connectivity index (χ1n) is 7.65. The summed E-state index contributed by atoms with van der Waals surface area (Å²) in [6.07, 6.45) is 4.66. The molecule has 2 aromatic rings. The van der Waals surface area contributed by atoms with Crippen LogP contribution in [0.4, 0.5) is 4.79 Å². The lowest BCUT2D eigenvalue weighted by atomic mass is 9.75. The van der Waals surface area contributed by atoms with Crippen molar-refractivity contribution in [2.75, 3.05) is 6.54 Å². The molecule has 2 unspecified atom stereocenters. The van der Waals surface area contributed by atoms with Gasteiger partial charge in [0.1, 0.15) is 6.33 Å². The standard InChI is InChI=1S/C16H22N4O2/c1-16(2,3)13-8-11(6-7-20(13)15(21)22)12-4-5-14-18-17-10-19(14)9-12/h4-5,9-11,13H,6-8H2,1-3H3,(H,21,22). The summed E-state index contributed by atoms with van der Waals surface area (Å²) in [5.41, 5.74) is 1.99. The van der Waals surface area contributed by atoms with Crippen molar-refractivity contribution in [3.63, 3.8) is 0 Å². The number of fused-ring (bicyclic) bond motifs is 1.